The molecule has 0 aliphatic heterocycles. The first-order valence-corrected chi connectivity index (χ1v) is 3.56. The van der Waals surface area contributed by atoms with Crippen molar-refractivity contribution in [1.82, 2.24) is 5.32 Å². The summed E-state index contributed by atoms with van der Waals surface area (Å²) in [6.07, 6.45) is 0. The van der Waals surface area contributed by atoms with Gasteiger partial charge in [0.05, 0.1) is 6.04 Å². The molecule has 1 atom stereocenters. The predicted molar refractivity (Wildman–Crippen MR) is 48.7 cm³/mol. The van der Waals surface area contributed by atoms with Gasteiger partial charge in [-0.05, 0) is 19.4 Å². The summed E-state index contributed by atoms with van der Waals surface area (Å²) in [5, 5.41) is 3.01. The fourth-order valence-electron chi connectivity index (χ4n) is 0.513. The topological polar surface area (TPSA) is 55.1 Å². The second-order valence-corrected chi connectivity index (χ2v) is 2.93. The lowest BCUT2D eigenvalue weighted by Gasteiger charge is -2.11. The molecule has 68 valence electrons. The second-order valence-electron chi connectivity index (χ2n) is 2.93. The zero-order chi connectivity index (χ0) is 8.15. The van der Waals surface area contributed by atoms with Crippen molar-refractivity contribution in [3.05, 3.63) is 0 Å². The lowest BCUT2D eigenvalue weighted by Crippen LogP contribution is -2.40. The van der Waals surface area contributed by atoms with E-state index < -0.39 is 0 Å². The maximum atomic E-state index is 10.5. The van der Waals surface area contributed by atoms with Crippen LogP contribution in [0.1, 0.15) is 20.8 Å². The van der Waals surface area contributed by atoms with Crippen LogP contribution in [-0.2, 0) is 4.79 Å². The zero-order valence-corrected chi connectivity index (χ0v) is 8.07. The Bertz CT molecular complexity index is 117. The first-order valence-electron chi connectivity index (χ1n) is 3.56. The van der Waals surface area contributed by atoms with Gasteiger partial charge in [0.15, 0.2) is 0 Å². The van der Waals surface area contributed by atoms with Gasteiger partial charge < -0.3 is 11.1 Å². The quantitative estimate of drug-likeness (QED) is 0.663. The number of hydrogen-bond donors (Lipinski definition) is 2. The summed E-state index contributed by atoms with van der Waals surface area (Å²) >= 11 is 0. The van der Waals surface area contributed by atoms with E-state index in [1.165, 1.54) is 0 Å². The summed E-state index contributed by atoms with van der Waals surface area (Å²) < 4.78 is 0. The molecule has 4 heteroatoms. The van der Waals surface area contributed by atoms with E-state index in [-0.39, 0.29) is 24.4 Å². The van der Waals surface area contributed by atoms with Crippen LogP contribution < -0.4 is 11.1 Å². The number of amides is 1. The minimum absolute atomic E-state index is 0. The van der Waals surface area contributed by atoms with Crippen LogP contribution in [0.3, 0.4) is 0 Å². The Hall–Kier alpha value is -0.280. The van der Waals surface area contributed by atoms with Crippen LogP contribution in [-0.4, -0.2) is 18.5 Å². The molecule has 3 N–H and O–H groups in total. The minimum atomic E-state index is -0.291. The lowest BCUT2D eigenvalue weighted by atomic mass is 10.2. The van der Waals surface area contributed by atoms with Gasteiger partial charge in [-0.1, -0.05) is 13.8 Å². The van der Waals surface area contributed by atoms with Crippen LogP contribution in [0.5, 0.6) is 0 Å². The van der Waals surface area contributed by atoms with Crippen molar-refractivity contribution in [1.29, 1.82) is 0 Å². The molecule has 0 fully saturated rings. The Kier molecular flexibility index (Phi) is 7.79. The number of carbonyl (C=O) groups excluding carboxylic acids is 1. The van der Waals surface area contributed by atoms with Crippen molar-refractivity contribution in [2.75, 3.05) is 6.54 Å². The summed E-state index contributed by atoms with van der Waals surface area (Å²) in [7, 11) is 0. The molecule has 3 nitrogen and oxygen atoms in total. The molecule has 0 heterocycles. The van der Waals surface area contributed by atoms with Gasteiger partial charge in [0.2, 0.25) is 5.91 Å². The molecule has 0 aromatic rings. The van der Waals surface area contributed by atoms with Crippen LogP contribution in [0.25, 0.3) is 0 Å². The molecule has 0 bridgehead atoms. The van der Waals surface area contributed by atoms with Crippen LogP contribution in [0.2, 0.25) is 0 Å². The van der Waals surface area contributed by atoms with Crippen LogP contribution in [0.4, 0.5) is 0 Å². The second kappa shape index (κ2) is 6.43. The largest absolute Gasteiger partial charge is 0.368 e. The average molecular weight is 181 g/mol. The minimum Gasteiger partial charge on any atom is -0.368 e. The van der Waals surface area contributed by atoms with Gasteiger partial charge in [0.1, 0.15) is 0 Å². The molecule has 0 unspecified atom stereocenters. The molecule has 0 rings (SSSR count). The molecule has 0 aromatic heterocycles. The highest BCUT2D eigenvalue weighted by Gasteiger charge is 2.06. The Morgan fingerprint density at radius 1 is 1.45 bits per heavy atom. The normalized spacial score (nSPS) is 12.4. The number of rotatable bonds is 4. The Morgan fingerprint density at radius 3 is 2.18 bits per heavy atom. The van der Waals surface area contributed by atoms with Gasteiger partial charge in [-0.3, -0.25) is 4.79 Å². The number of carbonyl (C=O) groups is 1. The van der Waals surface area contributed by atoms with Crippen molar-refractivity contribution >= 4 is 18.3 Å². The molecule has 0 spiro atoms. The molecule has 1 amide bonds. The van der Waals surface area contributed by atoms with E-state index in [0.717, 1.165) is 6.54 Å². The van der Waals surface area contributed by atoms with E-state index in [4.69, 9.17) is 5.73 Å². The first-order chi connectivity index (χ1) is 4.54. The molecule has 0 aliphatic carbocycles. The van der Waals surface area contributed by atoms with Gasteiger partial charge in [-0.25, -0.2) is 0 Å². The van der Waals surface area contributed by atoms with Crippen molar-refractivity contribution < 1.29 is 4.79 Å². The maximum Gasteiger partial charge on any atom is 0.234 e. The maximum absolute atomic E-state index is 10.5. The van der Waals surface area contributed by atoms with Crippen LogP contribution in [0.15, 0.2) is 0 Å². The Balaban J connectivity index is 0. The third-order valence-electron chi connectivity index (χ3n) is 1.26. The highest BCUT2D eigenvalue weighted by atomic mass is 35.5. The van der Waals surface area contributed by atoms with Crippen molar-refractivity contribution in [3.63, 3.8) is 0 Å². The van der Waals surface area contributed by atoms with E-state index in [0.29, 0.717) is 5.92 Å². The molecular formula is C7H17ClN2O. The predicted octanol–water partition coefficient (Wildman–Crippen LogP) is 0.528. The molecule has 0 saturated carbocycles. The summed E-state index contributed by atoms with van der Waals surface area (Å²) in [5.74, 6) is 0.266. The fourth-order valence-corrected chi connectivity index (χ4v) is 0.513. The SMILES string of the molecule is CC(C)CN[C@@H](C)C(N)=O.Cl. The third kappa shape index (κ3) is 7.62. The van der Waals surface area contributed by atoms with E-state index in [1.807, 2.05) is 0 Å². The van der Waals surface area contributed by atoms with E-state index in [9.17, 15) is 4.79 Å². The van der Waals surface area contributed by atoms with Gasteiger partial charge in [0, 0.05) is 0 Å². The zero-order valence-electron chi connectivity index (χ0n) is 7.26. The van der Waals surface area contributed by atoms with Gasteiger partial charge >= 0.3 is 0 Å². The third-order valence-corrected chi connectivity index (χ3v) is 1.26. The number of hydrogen-bond acceptors (Lipinski definition) is 2. The fraction of sp³-hybridized carbons (Fsp3) is 0.857. The molecule has 11 heavy (non-hydrogen) atoms. The molecular weight excluding hydrogens is 164 g/mol. The average Bonchev–Trinajstić information content (AvgIpc) is 1.82. The molecule has 0 saturated heterocycles. The number of nitrogens with two attached hydrogens (primary N) is 1. The van der Waals surface area contributed by atoms with Crippen LogP contribution in [0, 0.1) is 5.92 Å². The highest BCUT2D eigenvalue weighted by molar-refractivity contribution is 5.85. The Labute approximate surface area is 74.1 Å². The van der Waals surface area contributed by atoms with Gasteiger partial charge in [-0.15, -0.1) is 12.4 Å². The highest BCUT2D eigenvalue weighted by Crippen LogP contribution is 1.88. The summed E-state index contributed by atoms with van der Waals surface area (Å²) in [4.78, 5) is 10.5. The van der Waals surface area contributed by atoms with Crippen molar-refractivity contribution in [2.45, 2.75) is 26.8 Å². The first kappa shape index (κ1) is 13.3. The summed E-state index contributed by atoms with van der Waals surface area (Å²) in [6, 6.07) is -0.206. The summed E-state index contributed by atoms with van der Waals surface area (Å²) in [6.45, 7) is 6.77. The van der Waals surface area contributed by atoms with Crippen molar-refractivity contribution in [3.8, 4) is 0 Å². The Morgan fingerprint density at radius 2 is 1.91 bits per heavy atom. The van der Waals surface area contributed by atoms with E-state index in [2.05, 4.69) is 19.2 Å². The standard InChI is InChI=1S/C7H16N2O.ClH/c1-5(2)4-9-6(3)7(8)10;/h5-6,9H,4H2,1-3H3,(H2,8,10);1H/t6-;/m0./s1. The van der Waals surface area contributed by atoms with Crippen molar-refractivity contribution in [2.24, 2.45) is 11.7 Å². The van der Waals surface area contributed by atoms with Gasteiger partial charge in [0.25, 0.3) is 0 Å². The van der Waals surface area contributed by atoms with E-state index >= 15 is 0 Å². The van der Waals surface area contributed by atoms with Gasteiger partial charge in [-0.2, -0.15) is 0 Å². The number of primary amides is 1. The monoisotopic (exact) mass is 180 g/mol. The lowest BCUT2D eigenvalue weighted by molar-refractivity contribution is -0.119. The van der Waals surface area contributed by atoms with E-state index in [1.54, 1.807) is 6.92 Å². The number of nitrogens with one attached hydrogen (secondary N) is 1. The molecule has 0 aromatic carbocycles. The summed E-state index contributed by atoms with van der Waals surface area (Å²) in [5.41, 5.74) is 5.02. The molecule has 0 aliphatic rings. The number of halogens is 1. The smallest absolute Gasteiger partial charge is 0.234 e. The van der Waals surface area contributed by atoms with Crippen LogP contribution >= 0.6 is 12.4 Å². The molecule has 0 radical (unpaired) electrons.